The lowest BCUT2D eigenvalue weighted by Crippen LogP contribution is -2.39. The summed E-state index contributed by atoms with van der Waals surface area (Å²) < 4.78 is 8.30. The van der Waals surface area contributed by atoms with E-state index in [9.17, 15) is 14.4 Å². The van der Waals surface area contributed by atoms with E-state index in [0.717, 1.165) is 31.8 Å². The summed E-state index contributed by atoms with van der Waals surface area (Å²) in [5, 5.41) is 7.45. The molecule has 1 aromatic carbocycles. The zero-order valence-corrected chi connectivity index (χ0v) is 18.5. The summed E-state index contributed by atoms with van der Waals surface area (Å²) in [6.45, 7) is 6.80. The SMILES string of the molecule is CCn1c(C2CCN(CC(=O)Nc3ccc(C(C)=O)cc3)CC2)nn(CCOC)c1=O. The number of Topliss-reactive ketones (excluding diaryl/α,β-unsaturated/α-hetero) is 1. The number of ketones is 1. The fraction of sp³-hybridized carbons (Fsp3) is 0.545. The molecule has 0 atom stereocenters. The van der Waals surface area contributed by atoms with E-state index in [-0.39, 0.29) is 23.3 Å². The van der Waals surface area contributed by atoms with Gasteiger partial charge in [0.25, 0.3) is 0 Å². The van der Waals surface area contributed by atoms with Crippen LogP contribution in [0, 0.1) is 0 Å². The number of ether oxygens (including phenoxy) is 1. The summed E-state index contributed by atoms with van der Waals surface area (Å²) >= 11 is 0. The first kappa shape index (κ1) is 22.9. The van der Waals surface area contributed by atoms with Crippen LogP contribution in [0.15, 0.2) is 29.1 Å². The maximum atomic E-state index is 12.5. The van der Waals surface area contributed by atoms with Crippen molar-refractivity contribution in [1.29, 1.82) is 0 Å². The lowest BCUT2D eigenvalue weighted by molar-refractivity contribution is -0.117. The molecule has 1 N–H and O–H groups in total. The van der Waals surface area contributed by atoms with Crippen LogP contribution in [0.3, 0.4) is 0 Å². The summed E-state index contributed by atoms with van der Waals surface area (Å²) in [6, 6.07) is 6.90. The third-order valence-electron chi connectivity index (χ3n) is 5.67. The van der Waals surface area contributed by atoms with Gasteiger partial charge in [-0.05, 0) is 64.0 Å². The number of carbonyl (C=O) groups excluding carboxylic acids is 2. The van der Waals surface area contributed by atoms with Crippen LogP contribution >= 0.6 is 0 Å². The van der Waals surface area contributed by atoms with E-state index in [1.54, 1.807) is 35.9 Å². The van der Waals surface area contributed by atoms with Crippen molar-refractivity contribution in [2.24, 2.45) is 0 Å². The molecule has 1 saturated heterocycles. The number of hydrogen-bond donors (Lipinski definition) is 1. The van der Waals surface area contributed by atoms with Crippen LogP contribution in [-0.2, 0) is 22.6 Å². The molecule has 0 radical (unpaired) electrons. The fourth-order valence-electron chi connectivity index (χ4n) is 3.92. The summed E-state index contributed by atoms with van der Waals surface area (Å²) in [6.07, 6.45) is 1.70. The van der Waals surface area contributed by atoms with E-state index in [1.807, 2.05) is 6.92 Å². The van der Waals surface area contributed by atoms with Gasteiger partial charge in [0.2, 0.25) is 5.91 Å². The van der Waals surface area contributed by atoms with Crippen molar-refractivity contribution in [3.63, 3.8) is 0 Å². The Morgan fingerprint density at radius 1 is 1.19 bits per heavy atom. The topological polar surface area (TPSA) is 98.5 Å². The maximum Gasteiger partial charge on any atom is 0.345 e. The molecule has 31 heavy (non-hydrogen) atoms. The van der Waals surface area contributed by atoms with Crippen LogP contribution in [0.2, 0.25) is 0 Å². The Balaban J connectivity index is 1.54. The van der Waals surface area contributed by atoms with Crippen molar-refractivity contribution in [2.75, 3.05) is 38.7 Å². The summed E-state index contributed by atoms with van der Waals surface area (Å²) in [7, 11) is 1.61. The van der Waals surface area contributed by atoms with Crippen LogP contribution in [0.25, 0.3) is 0 Å². The molecule has 2 heterocycles. The lowest BCUT2D eigenvalue weighted by atomic mass is 9.96. The Morgan fingerprint density at radius 3 is 2.45 bits per heavy atom. The highest BCUT2D eigenvalue weighted by atomic mass is 16.5. The number of hydrogen-bond acceptors (Lipinski definition) is 6. The second-order valence-corrected chi connectivity index (χ2v) is 7.83. The average molecular weight is 430 g/mol. The van der Waals surface area contributed by atoms with Crippen molar-refractivity contribution in [3.8, 4) is 0 Å². The Bertz CT molecular complexity index is 955. The predicted octanol–water partition coefficient (Wildman–Crippen LogP) is 1.73. The van der Waals surface area contributed by atoms with Crippen molar-refractivity contribution in [1.82, 2.24) is 19.2 Å². The van der Waals surface area contributed by atoms with Crippen LogP contribution in [0.4, 0.5) is 5.69 Å². The van der Waals surface area contributed by atoms with Crippen molar-refractivity contribution >= 4 is 17.4 Å². The molecule has 1 amide bonds. The van der Waals surface area contributed by atoms with E-state index in [2.05, 4.69) is 15.3 Å². The Morgan fingerprint density at radius 2 is 1.87 bits per heavy atom. The number of nitrogens with zero attached hydrogens (tertiary/aromatic N) is 4. The molecule has 1 aliphatic heterocycles. The van der Waals surface area contributed by atoms with E-state index >= 15 is 0 Å². The fourth-order valence-corrected chi connectivity index (χ4v) is 3.92. The number of likely N-dealkylation sites (tertiary alicyclic amines) is 1. The Labute approximate surface area is 182 Å². The number of amides is 1. The molecule has 9 heteroatoms. The second-order valence-electron chi connectivity index (χ2n) is 7.83. The van der Waals surface area contributed by atoms with Gasteiger partial charge in [-0.25, -0.2) is 9.48 Å². The minimum atomic E-state index is -0.0906. The second kappa shape index (κ2) is 10.5. The minimum absolute atomic E-state index is 0.00206. The number of rotatable bonds is 9. The molecule has 0 bridgehead atoms. The van der Waals surface area contributed by atoms with E-state index in [1.165, 1.54) is 11.6 Å². The lowest BCUT2D eigenvalue weighted by Gasteiger charge is -2.30. The highest BCUT2D eigenvalue weighted by Crippen LogP contribution is 2.26. The quantitative estimate of drug-likeness (QED) is 0.610. The first-order valence-corrected chi connectivity index (χ1v) is 10.7. The van der Waals surface area contributed by atoms with Gasteiger partial charge >= 0.3 is 5.69 Å². The molecule has 0 spiro atoms. The summed E-state index contributed by atoms with van der Waals surface area (Å²) in [5.41, 5.74) is 1.21. The molecule has 0 aliphatic carbocycles. The maximum absolute atomic E-state index is 12.5. The number of aromatic nitrogens is 3. The number of nitrogens with one attached hydrogen (secondary N) is 1. The van der Waals surface area contributed by atoms with Crippen LogP contribution in [0.5, 0.6) is 0 Å². The molecule has 1 fully saturated rings. The molecular formula is C22H31N5O4. The van der Waals surface area contributed by atoms with Gasteiger partial charge in [0, 0.05) is 30.8 Å². The first-order chi connectivity index (χ1) is 14.9. The van der Waals surface area contributed by atoms with Gasteiger partial charge in [-0.2, -0.15) is 5.10 Å². The van der Waals surface area contributed by atoms with Gasteiger partial charge in [0.05, 0.1) is 19.7 Å². The monoisotopic (exact) mass is 429 g/mol. The number of anilines is 1. The molecule has 1 aliphatic rings. The van der Waals surface area contributed by atoms with E-state index in [4.69, 9.17) is 4.74 Å². The molecule has 0 saturated carbocycles. The largest absolute Gasteiger partial charge is 0.383 e. The highest BCUT2D eigenvalue weighted by molar-refractivity contribution is 5.96. The molecule has 0 unspecified atom stereocenters. The van der Waals surface area contributed by atoms with Crippen LogP contribution in [0.1, 0.15) is 48.8 Å². The van der Waals surface area contributed by atoms with Crippen molar-refractivity contribution < 1.29 is 14.3 Å². The normalized spacial score (nSPS) is 15.2. The summed E-state index contributed by atoms with van der Waals surface area (Å²) in [5.74, 6) is 0.953. The predicted molar refractivity (Wildman–Crippen MR) is 118 cm³/mol. The number of benzene rings is 1. The van der Waals surface area contributed by atoms with Crippen molar-refractivity contribution in [2.45, 2.75) is 45.7 Å². The third kappa shape index (κ3) is 5.68. The number of methoxy groups -OCH3 is 1. The number of carbonyl (C=O) groups is 2. The first-order valence-electron chi connectivity index (χ1n) is 10.7. The van der Waals surface area contributed by atoms with Gasteiger partial charge in [-0.3, -0.25) is 19.1 Å². The highest BCUT2D eigenvalue weighted by Gasteiger charge is 2.27. The molecule has 2 aromatic rings. The van der Waals surface area contributed by atoms with Gasteiger partial charge < -0.3 is 10.1 Å². The average Bonchev–Trinajstić information content (AvgIpc) is 3.08. The molecular weight excluding hydrogens is 398 g/mol. The Hall–Kier alpha value is -2.78. The number of piperidine rings is 1. The zero-order valence-electron chi connectivity index (χ0n) is 18.5. The minimum Gasteiger partial charge on any atom is -0.383 e. The summed E-state index contributed by atoms with van der Waals surface area (Å²) in [4.78, 5) is 38.4. The third-order valence-corrected chi connectivity index (χ3v) is 5.67. The van der Waals surface area contributed by atoms with Gasteiger partial charge in [-0.15, -0.1) is 0 Å². The van der Waals surface area contributed by atoms with E-state index in [0.29, 0.717) is 37.5 Å². The van der Waals surface area contributed by atoms with Crippen LogP contribution < -0.4 is 11.0 Å². The smallest absolute Gasteiger partial charge is 0.345 e. The standard InChI is InChI=1S/C22H31N5O4/c1-4-26-21(24-27(22(26)30)13-14-31-3)18-9-11-25(12-10-18)15-20(29)23-19-7-5-17(6-8-19)16(2)28/h5-8,18H,4,9-15H2,1-3H3,(H,23,29). The van der Waals surface area contributed by atoms with Gasteiger partial charge in [0.15, 0.2) is 5.78 Å². The van der Waals surface area contributed by atoms with E-state index < -0.39 is 0 Å². The molecule has 9 nitrogen and oxygen atoms in total. The molecule has 168 valence electrons. The molecule has 1 aromatic heterocycles. The Kier molecular flexibility index (Phi) is 7.75. The van der Waals surface area contributed by atoms with Crippen molar-refractivity contribution in [3.05, 3.63) is 46.1 Å². The van der Waals surface area contributed by atoms with Crippen LogP contribution in [-0.4, -0.2) is 64.3 Å². The zero-order chi connectivity index (χ0) is 22.4. The molecule has 3 rings (SSSR count). The van der Waals surface area contributed by atoms with Gasteiger partial charge in [-0.1, -0.05) is 0 Å². The van der Waals surface area contributed by atoms with Gasteiger partial charge in [0.1, 0.15) is 5.82 Å².